The van der Waals surface area contributed by atoms with Crippen LogP contribution in [0.2, 0.25) is 20.1 Å². The molecular weight excluding hydrogens is 616 g/mol. The van der Waals surface area contributed by atoms with E-state index in [0.717, 1.165) is 0 Å². The van der Waals surface area contributed by atoms with Crippen LogP contribution in [0.1, 0.15) is 17.1 Å². The predicted molar refractivity (Wildman–Crippen MR) is 157 cm³/mol. The van der Waals surface area contributed by atoms with Crippen molar-refractivity contribution < 1.29 is 17.6 Å². The summed E-state index contributed by atoms with van der Waals surface area (Å²) in [5, 5.41) is 13.6. The number of halogens is 4. The van der Waals surface area contributed by atoms with Crippen molar-refractivity contribution in [1.29, 1.82) is 5.26 Å². The maximum atomic E-state index is 13.6. The van der Waals surface area contributed by atoms with Crippen LogP contribution in [0.15, 0.2) is 93.7 Å². The second-order valence-electron chi connectivity index (χ2n) is 8.41. The molecule has 0 fully saturated rings. The second kappa shape index (κ2) is 12.9. The third kappa shape index (κ3) is 7.46. The smallest absolute Gasteiger partial charge is 0.266 e. The Kier molecular flexibility index (Phi) is 9.59. The molecule has 4 rings (SSSR count). The van der Waals surface area contributed by atoms with Crippen molar-refractivity contribution in [1.82, 2.24) is 4.31 Å². The van der Waals surface area contributed by atoms with Gasteiger partial charge in [0, 0.05) is 28.4 Å². The summed E-state index contributed by atoms with van der Waals surface area (Å²) in [6.45, 7) is -0.200. The van der Waals surface area contributed by atoms with Gasteiger partial charge in [0.15, 0.2) is 0 Å². The topological polar surface area (TPSA) is 103 Å². The van der Waals surface area contributed by atoms with E-state index < -0.39 is 15.9 Å². The van der Waals surface area contributed by atoms with Crippen molar-refractivity contribution in [2.75, 3.05) is 5.32 Å². The number of nitriles is 1. The van der Waals surface area contributed by atoms with Crippen molar-refractivity contribution in [3.8, 4) is 6.07 Å². The Balaban J connectivity index is 1.60. The van der Waals surface area contributed by atoms with Crippen LogP contribution in [0.25, 0.3) is 6.08 Å². The highest BCUT2D eigenvalue weighted by Gasteiger charge is 2.26. The number of sulfonamides is 1. The van der Waals surface area contributed by atoms with E-state index in [-0.39, 0.29) is 40.1 Å². The number of nitrogens with one attached hydrogen (secondary N) is 1. The number of furan rings is 1. The highest BCUT2D eigenvalue weighted by molar-refractivity contribution is 7.89. The van der Waals surface area contributed by atoms with E-state index in [0.29, 0.717) is 26.3 Å². The number of hydrogen-bond acceptors (Lipinski definition) is 5. The first-order valence-electron chi connectivity index (χ1n) is 11.5. The molecule has 1 amide bonds. The average molecular weight is 635 g/mol. The Morgan fingerprint density at radius 2 is 1.65 bits per heavy atom. The van der Waals surface area contributed by atoms with Gasteiger partial charge in [-0.2, -0.15) is 9.57 Å². The van der Waals surface area contributed by atoms with Crippen LogP contribution in [0.3, 0.4) is 0 Å². The van der Waals surface area contributed by atoms with Crippen molar-refractivity contribution >= 4 is 74.1 Å². The van der Waals surface area contributed by atoms with Crippen molar-refractivity contribution in [2.24, 2.45) is 0 Å². The molecule has 204 valence electrons. The molecule has 0 saturated heterocycles. The minimum absolute atomic E-state index is 0.0353. The predicted octanol–water partition coefficient (Wildman–Crippen LogP) is 7.83. The third-order valence-corrected chi connectivity index (χ3v) is 8.58. The van der Waals surface area contributed by atoms with Crippen LogP contribution in [0.4, 0.5) is 5.69 Å². The standard InChI is InChI=1S/C28H19Cl4N3O4S/c29-20-5-9-25(10-6-20)40(37,38)35(16-18-4-11-26(31)27(32)12-18)17-24-8-7-23(39-24)13-19(15-33)28(36)34-22-3-1-2-21(30)14-22/h1-14H,16-17H2,(H,34,36)/b19-13-. The van der Waals surface area contributed by atoms with Gasteiger partial charge in [-0.25, -0.2) is 8.42 Å². The van der Waals surface area contributed by atoms with Gasteiger partial charge in [-0.1, -0.05) is 58.5 Å². The number of anilines is 1. The van der Waals surface area contributed by atoms with Crippen LogP contribution < -0.4 is 5.32 Å². The zero-order valence-electron chi connectivity index (χ0n) is 20.4. The fraction of sp³-hybridized carbons (Fsp3) is 0.0714. The lowest BCUT2D eigenvalue weighted by Crippen LogP contribution is -2.30. The molecule has 0 atom stereocenters. The minimum atomic E-state index is -4.01. The zero-order chi connectivity index (χ0) is 28.9. The van der Waals surface area contributed by atoms with Crippen LogP contribution in [-0.2, 0) is 27.9 Å². The molecule has 0 spiro atoms. The molecule has 0 bridgehead atoms. The summed E-state index contributed by atoms with van der Waals surface area (Å²) in [4.78, 5) is 12.6. The number of amides is 1. The molecule has 1 heterocycles. The SMILES string of the molecule is N#C/C(=C/c1ccc(CN(Cc2ccc(Cl)c(Cl)c2)S(=O)(=O)c2ccc(Cl)cc2)o1)C(=O)Nc1cccc(Cl)c1. The van der Waals surface area contributed by atoms with Crippen molar-refractivity contribution in [3.63, 3.8) is 0 Å². The van der Waals surface area contributed by atoms with Crippen LogP contribution in [0.5, 0.6) is 0 Å². The summed E-state index contributed by atoms with van der Waals surface area (Å²) in [6, 6.07) is 22.1. The van der Waals surface area contributed by atoms with E-state index in [9.17, 15) is 18.5 Å². The minimum Gasteiger partial charge on any atom is -0.460 e. The second-order valence-corrected chi connectivity index (χ2v) is 12.0. The van der Waals surface area contributed by atoms with Crippen molar-refractivity contribution in [2.45, 2.75) is 18.0 Å². The number of rotatable bonds is 9. The fourth-order valence-corrected chi connectivity index (χ4v) is 5.64. The third-order valence-electron chi connectivity index (χ3n) is 5.54. The van der Waals surface area contributed by atoms with Gasteiger partial charge in [0.1, 0.15) is 23.2 Å². The largest absolute Gasteiger partial charge is 0.460 e. The molecule has 40 heavy (non-hydrogen) atoms. The lowest BCUT2D eigenvalue weighted by Gasteiger charge is -2.22. The Hall–Kier alpha value is -3.29. The lowest BCUT2D eigenvalue weighted by molar-refractivity contribution is -0.112. The van der Waals surface area contributed by atoms with Gasteiger partial charge in [-0.3, -0.25) is 4.79 Å². The van der Waals surface area contributed by atoms with Gasteiger partial charge in [-0.15, -0.1) is 0 Å². The highest BCUT2D eigenvalue weighted by Crippen LogP contribution is 2.27. The Labute approximate surface area is 251 Å². The summed E-state index contributed by atoms with van der Waals surface area (Å²) >= 11 is 24.1. The first kappa shape index (κ1) is 29.7. The Morgan fingerprint density at radius 1 is 0.900 bits per heavy atom. The maximum Gasteiger partial charge on any atom is 0.266 e. The van der Waals surface area contributed by atoms with Gasteiger partial charge in [-0.05, 0) is 72.3 Å². The van der Waals surface area contributed by atoms with E-state index in [1.807, 2.05) is 6.07 Å². The van der Waals surface area contributed by atoms with Crippen LogP contribution in [-0.4, -0.2) is 18.6 Å². The first-order valence-corrected chi connectivity index (χ1v) is 14.5. The van der Waals surface area contributed by atoms with Gasteiger partial charge in [0.25, 0.3) is 5.91 Å². The molecule has 4 aromatic rings. The molecule has 7 nitrogen and oxygen atoms in total. The van der Waals surface area contributed by atoms with E-state index >= 15 is 0 Å². The number of nitrogens with zero attached hydrogens (tertiary/aromatic N) is 2. The van der Waals surface area contributed by atoms with Gasteiger partial charge in [0.05, 0.1) is 21.5 Å². The van der Waals surface area contributed by atoms with E-state index in [4.69, 9.17) is 50.8 Å². The molecule has 0 unspecified atom stereocenters. The molecule has 0 saturated carbocycles. The normalized spacial score (nSPS) is 11.8. The molecule has 3 aromatic carbocycles. The summed E-state index contributed by atoms with van der Waals surface area (Å²) in [5.41, 5.74) is 0.800. The molecule has 0 aliphatic rings. The Morgan fingerprint density at radius 3 is 2.33 bits per heavy atom. The van der Waals surface area contributed by atoms with E-state index in [2.05, 4.69) is 5.32 Å². The first-order chi connectivity index (χ1) is 19.0. The van der Waals surface area contributed by atoms with E-state index in [1.54, 1.807) is 48.5 Å². The molecule has 12 heteroatoms. The molecule has 0 radical (unpaired) electrons. The summed E-state index contributed by atoms with van der Waals surface area (Å²) in [6.07, 6.45) is 1.26. The summed E-state index contributed by atoms with van der Waals surface area (Å²) in [5.74, 6) is -0.197. The van der Waals surface area contributed by atoms with Crippen molar-refractivity contribution in [3.05, 3.63) is 122 Å². The van der Waals surface area contributed by atoms with Gasteiger partial charge >= 0.3 is 0 Å². The Bertz CT molecular complexity index is 1730. The van der Waals surface area contributed by atoms with Gasteiger partial charge < -0.3 is 9.73 Å². The summed E-state index contributed by atoms with van der Waals surface area (Å²) < 4.78 is 34.2. The highest BCUT2D eigenvalue weighted by atomic mass is 35.5. The molecule has 0 aliphatic carbocycles. The average Bonchev–Trinajstić information content (AvgIpc) is 3.36. The molecular formula is C28H19Cl4N3O4S. The van der Waals surface area contributed by atoms with Gasteiger partial charge in [0.2, 0.25) is 10.0 Å². The molecule has 0 aliphatic heterocycles. The van der Waals surface area contributed by atoms with Crippen LogP contribution in [0, 0.1) is 11.3 Å². The lowest BCUT2D eigenvalue weighted by atomic mass is 10.2. The van der Waals surface area contributed by atoms with E-state index in [1.165, 1.54) is 40.7 Å². The molecule has 1 N–H and O–H groups in total. The fourth-order valence-electron chi connectivity index (χ4n) is 3.61. The number of hydrogen-bond donors (Lipinski definition) is 1. The maximum absolute atomic E-state index is 13.6. The quantitative estimate of drug-likeness (QED) is 0.149. The van der Waals surface area contributed by atoms with Crippen LogP contribution >= 0.6 is 46.4 Å². The number of benzene rings is 3. The number of carbonyl (C=O) groups is 1. The summed E-state index contributed by atoms with van der Waals surface area (Å²) in [7, 11) is -4.01. The molecule has 1 aromatic heterocycles. The number of carbonyl (C=O) groups excluding carboxylic acids is 1. The zero-order valence-corrected chi connectivity index (χ0v) is 24.3. The monoisotopic (exact) mass is 633 g/mol.